The van der Waals surface area contributed by atoms with Gasteiger partial charge in [0.25, 0.3) is 0 Å². The fourth-order valence-corrected chi connectivity index (χ4v) is 0.424. The van der Waals surface area contributed by atoms with Crippen LogP contribution in [0.3, 0.4) is 0 Å². The first-order valence-corrected chi connectivity index (χ1v) is 3.67. The molecule has 2 N–H and O–H groups in total. The topological polar surface area (TPSA) is 93.1 Å². The zero-order valence-electron chi connectivity index (χ0n) is 4.05. The van der Waals surface area contributed by atoms with E-state index in [9.17, 15) is 8.42 Å². The third-order valence-corrected chi connectivity index (χ3v) is 0.894. The van der Waals surface area contributed by atoms with E-state index in [4.69, 9.17) is 9.11 Å². The Morgan fingerprint density at radius 3 is 1.67 bits per heavy atom. The van der Waals surface area contributed by atoms with E-state index in [0.29, 0.717) is 0 Å². The first-order valence-electron chi connectivity index (χ1n) is 1.61. The summed E-state index contributed by atoms with van der Waals surface area (Å²) in [5.41, 5.74) is 0. The van der Waals surface area contributed by atoms with Crippen molar-refractivity contribution in [3.63, 3.8) is 0 Å². The lowest BCUT2D eigenvalue weighted by Gasteiger charge is -1.93. The molecule has 2 atom stereocenters. The lowest BCUT2D eigenvalue weighted by Crippen LogP contribution is -2.03. The maximum atomic E-state index is 9.61. The van der Waals surface area contributed by atoms with Crippen molar-refractivity contribution in [3.05, 3.63) is 0 Å². The minimum absolute atomic E-state index is 0.688. The molecule has 0 bridgehead atoms. The van der Waals surface area contributed by atoms with Gasteiger partial charge in [-0.3, -0.25) is 9.11 Å². The Hall–Kier alpha value is 0.140. The van der Waals surface area contributed by atoms with Gasteiger partial charge in [0.15, 0.2) is 6.79 Å². The second-order valence-electron chi connectivity index (χ2n) is 0.788. The van der Waals surface area contributed by atoms with Crippen LogP contribution in [0.25, 0.3) is 0 Å². The van der Waals surface area contributed by atoms with Gasteiger partial charge in [0.2, 0.25) is 0 Å². The van der Waals surface area contributed by atoms with Crippen LogP contribution in [0.2, 0.25) is 0 Å². The molecule has 0 rings (SSSR count). The van der Waals surface area contributed by atoms with Crippen LogP contribution < -0.4 is 0 Å². The maximum absolute atomic E-state index is 9.61. The average Bonchev–Trinajstić information content (AvgIpc) is 1.63. The molecule has 0 aliphatic carbocycles. The van der Waals surface area contributed by atoms with Gasteiger partial charge in [-0.2, -0.15) is 8.42 Å². The van der Waals surface area contributed by atoms with Crippen LogP contribution in [-0.4, -0.2) is 24.3 Å². The predicted molar refractivity (Wildman–Crippen MR) is 28.6 cm³/mol. The van der Waals surface area contributed by atoms with Gasteiger partial charge in [0.05, 0.1) is 0 Å². The van der Waals surface area contributed by atoms with E-state index in [1.165, 1.54) is 0 Å². The molecule has 2 unspecified atom stereocenters. The number of rotatable bonds is 4. The van der Waals surface area contributed by atoms with E-state index >= 15 is 0 Å². The second-order valence-corrected chi connectivity index (χ2v) is 2.13. The van der Waals surface area contributed by atoms with Gasteiger partial charge in [-0.1, -0.05) is 0 Å². The molecule has 0 aliphatic heterocycles. The van der Waals surface area contributed by atoms with Crippen molar-refractivity contribution in [1.29, 1.82) is 0 Å². The van der Waals surface area contributed by atoms with Crippen LogP contribution >= 0.6 is 0 Å². The zero-order valence-corrected chi connectivity index (χ0v) is 5.68. The maximum Gasteiger partial charge on any atom is 0.304 e. The molecule has 0 spiro atoms. The summed E-state index contributed by atoms with van der Waals surface area (Å²) in [4.78, 5) is 0. The summed E-state index contributed by atoms with van der Waals surface area (Å²) < 4.78 is 42.5. The summed E-state index contributed by atoms with van der Waals surface area (Å²) >= 11 is -4.91. The van der Waals surface area contributed by atoms with E-state index in [2.05, 4.69) is 8.37 Å². The molecular formula is CH4O6S2. The van der Waals surface area contributed by atoms with Crippen molar-refractivity contribution in [2.24, 2.45) is 0 Å². The van der Waals surface area contributed by atoms with Crippen LogP contribution in [0, 0.1) is 0 Å². The molecule has 8 heteroatoms. The van der Waals surface area contributed by atoms with Gasteiger partial charge in [0.1, 0.15) is 0 Å². The summed E-state index contributed by atoms with van der Waals surface area (Å²) in [5.74, 6) is 0. The van der Waals surface area contributed by atoms with E-state index in [1.54, 1.807) is 0 Å². The highest BCUT2D eigenvalue weighted by atomic mass is 32.2. The van der Waals surface area contributed by atoms with Crippen molar-refractivity contribution in [2.45, 2.75) is 0 Å². The molecule has 56 valence electrons. The Balaban J connectivity index is 3.10. The van der Waals surface area contributed by atoms with E-state index in [0.717, 1.165) is 0 Å². The molecule has 0 saturated heterocycles. The van der Waals surface area contributed by atoms with Crippen molar-refractivity contribution >= 4 is 22.7 Å². The normalized spacial score (nSPS) is 17.1. The van der Waals surface area contributed by atoms with E-state index in [-0.39, 0.29) is 0 Å². The minimum Gasteiger partial charge on any atom is -0.284 e. The summed E-state index contributed by atoms with van der Waals surface area (Å²) in [6.45, 7) is -0.688. The van der Waals surface area contributed by atoms with Crippen LogP contribution in [0.4, 0.5) is 0 Å². The van der Waals surface area contributed by atoms with E-state index in [1.807, 2.05) is 0 Å². The Labute approximate surface area is 56.1 Å². The molecule has 0 aromatic rings. The predicted octanol–water partition coefficient (Wildman–Crippen LogP) is -0.749. The third kappa shape index (κ3) is 8.14. The highest BCUT2D eigenvalue weighted by molar-refractivity contribution is 7.74. The summed E-state index contributed by atoms with van der Waals surface area (Å²) in [6, 6.07) is 0. The van der Waals surface area contributed by atoms with Crippen LogP contribution in [0.5, 0.6) is 0 Å². The van der Waals surface area contributed by atoms with Gasteiger partial charge < -0.3 is 0 Å². The highest BCUT2D eigenvalue weighted by Gasteiger charge is 1.95. The fraction of sp³-hybridized carbons (Fsp3) is 1.00. The van der Waals surface area contributed by atoms with Gasteiger partial charge in [0, 0.05) is 0 Å². The van der Waals surface area contributed by atoms with Crippen molar-refractivity contribution in [3.8, 4) is 0 Å². The summed E-state index contributed by atoms with van der Waals surface area (Å²) in [5, 5.41) is 0. The van der Waals surface area contributed by atoms with Crippen LogP contribution in [0.1, 0.15) is 0 Å². The molecule has 0 aliphatic rings. The van der Waals surface area contributed by atoms with Gasteiger partial charge in [-0.25, -0.2) is 8.37 Å². The minimum atomic E-state index is -2.45. The molecule has 0 fully saturated rings. The number of hydrogen-bond donors (Lipinski definition) is 2. The SMILES string of the molecule is O=S(O)OCOS(=O)O. The van der Waals surface area contributed by atoms with Gasteiger partial charge in [-0.05, 0) is 0 Å². The Kier molecular flexibility index (Phi) is 5.04. The highest BCUT2D eigenvalue weighted by Crippen LogP contribution is 1.82. The van der Waals surface area contributed by atoms with Gasteiger partial charge >= 0.3 is 22.7 Å². The third-order valence-electron chi connectivity index (χ3n) is 0.298. The fourth-order valence-electron chi connectivity index (χ4n) is 0.102. The van der Waals surface area contributed by atoms with Crippen molar-refractivity contribution in [1.82, 2.24) is 0 Å². The monoisotopic (exact) mass is 176 g/mol. The van der Waals surface area contributed by atoms with Gasteiger partial charge in [-0.15, -0.1) is 0 Å². The molecule has 0 aromatic heterocycles. The summed E-state index contributed by atoms with van der Waals surface area (Å²) in [7, 11) is 0. The molecule has 0 saturated carbocycles. The Morgan fingerprint density at radius 2 is 1.44 bits per heavy atom. The lowest BCUT2D eigenvalue weighted by molar-refractivity contribution is 0.127. The van der Waals surface area contributed by atoms with E-state index < -0.39 is 29.5 Å². The zero-order chi connectivity index (χ0) is 7.28. The van der Waals surface area contributed by atoms with Crippen molar-refractivity contribution < 1.29 is 25.9 Å². The molecule has 0 amide bonds. The van der Waals surface area contributed by atoms with Crippen LogP contribution in [-0.2, 0) is 31.1 Å². The molecule has 0 heterocycles. The van der Waals surface area contributed by atoms with Crippen LogP contribution in [0.15, 0.2) is 0 Å². The first-order chi connectivity index (χ1) is 4.13. The molecule has 6 nitrogen and oxygen atoms in total. The summed E-state index contributed by atoms with van der Waals surface area (Å²) in [6.07, 6.45) is 0. The largest absolute Gasteiger partial charge is 0.304 e. The molecular weight excluding hydrogens is 172 g/mol. The first kappa shape index (κ1) is 9.14. The molecule has 0 radical (unpaired) electrons. The standard InChI is InChI=1S/CH4O6S2/c2-8(3)6-1-7-9(4)5/h1H2,(H,2,3)(H,4,5). The Morgan fingerprint density at radius 1 is 1.11 bits per heavy atom. The smallest absolute Gasteiger partial charge is 0.284 e. The average molecular weight is 176 g/mol. The molecule has 9 heavy (non-hydrogen) atoms. The quantitative estimate of drug-likeness (QED) is 0.432. The number of hydrogen-bond acceptors (Lipinski definition) is 4. The second kappa shape index (κ2) is 4.97. The Bertz CT molecular complexity index is 106. The molecule has 0 aromatic carbocycles. The van der Waals surface area contributed by atoms with Crippen molar-refractivity contribution in [2.75, 3.05) is 6.79 Å². The lowest BCUT2D eigenvalue weighted by atomic mass is 11.6.